The van der Waals surface area contributed by atoms with Gasteiger partial charge < -0.3 is 5.32 Å². The average Bonchev–Trinajstić information content (AvgIpc) is 2.62. The maximum absolute atomic E-state index is 12.6. The SMILES string of the molecule is CCCN1C2CCCC1CC(NC(=O)c1cccc([N+](=O)OC)c1)C2. The van der Waals surface area contributed by atoms with Crippen molar-refractivity contribution in [2.75, 3.05) is 13.7 Å². The summed E-state index contributed by atoms with van der Waals surface area (Å²) in [5.41, 5.74) is 0.821. The normalized spacial score (nSPS) is 26.1. The molecule has 6 heteroatoms. The van der Waals surface area contributed by atoms with Gasteiger partial charge in [0.2, 0.25) is 0 Å². The number of nitrogens with zero attached hydrogens (tertiary/aromatic N) is 2. The fourth-order valence-electron chi connectivity index (χ4n) is 4.35. The van der Waals surface area contributed by atoms with E-state index < -0.39 is 0 Å². The zero-order valence-corrected chi connectivity index (χ0v) is 15.1. The summed E-state index contributed by atoms with van der Waals surface area (Å²) < 4.78 is 0. The fraction of sp³-hybridized carbons (Fsp3) is 0.632. The van der Waals surface area contributed by atoms with Crippen LogP contribution in [0.25, 0.3) is 0 Å². The fourth-order valence-corrected chi connectivity index (χ4v) is 4.35. The number of piperidine rings is 2. The molecule has 2 saturated heterocycles. The van der Waals surface area contributed by atoms with E-state index in [1.165, 1.54) is 32.8 Å². The summed E-state index contributed by atoms with van der Waals surface area (Å²) in [7, 11) is 1.31. The summed E-state index contributed by atoms with van der Waals surface area (Å²) in [5, 5.41) is 3.18. The van der Waals surface area contributed by atoms with Crippen LogP contribution in [0.1, 0.15) is 55.8 Å². The van der Waals surface area contributed by atoms with E-state index in [0.29, 0.717) is 28.3 Å². The molecule has 3 rings (SSSR count). The van der Waals surface area contributed by atoms with Crippen molar-refractivity contribution in [3.05, 3.63) is 34.7 Å². The molecule has 1 amide bonds. The topological polar surface area (TPSA) is 61.7 Å². The van der Waals surface area contributed by atoms with Gasteiger partial charge in [0.15, 0.2) is 7.11 Å². The van der Waals surface area contributed by atoms with E-state index in [4.69, 9.17) is 0 Å². The zero-order chi connectivity index (χ0) is 17.8. The van der Waals surface area contributed by atoms with Crippen molar-refractivity contribution >= 4 is 11.6 Å². The molecule has 0 spiro atoms. The third kappa shape index (κ3) is 4.00. The number of amides is 1. The van der Waals surface area contributed by atoms with Gasteiger partial charge in [-0.3, -0.25) is 9.69 Å². The molecular weight excluding hydrogens is 318 g/mol. The molecule has 2 fully saturated rings. The van der Waals surface area contributed by atoms with Gasteiger partial charge >= 0.3 is 5.69 Å². The van der Waals surface area contributed by atoms with Gasteiger partial charge in [-0.25, -0.2) is 4.84 Å². The van der Waals surface area contributed by atoms with Crippen LogP contribution < -0.4 is 5.32 Å². The molecule has 0 saturated carbocycles. The van der Waals surface area contributed by atoms with E-state index in [1.54, 1.807) is 24.3 Å². The molecule has 2 atom stereocenters. The number of rotatable bonds is 6. The van der Waals surface area contributed by atoms with Crippen molar-refractivity contribution in [2.45, 2.75) is 63.6 Å². The molecular formula is C19H28N3O3+. The Hall–Kier alpha value is -1.95. The number of hydrogen-bond donors (Lipinski definition) is 1. The first kappa shape index (κ1) is 17.9. The summed E-state index contributed by atoms with van der Waals surface area (Å²) in [6.45, 7) is 3.39. The van der Waals surface area contributed by atoms with Crippen molar-refractivity contribution in [1.29, 1.82) is 0 Å². The third-order valence-corrected chi connectivity index (χ3v) is 5.43. The van der Waals surface area contributed by atoms with Gasteiger partial charge in [-0.2, -0.15) is 0 Å². The van der Waals surface area contributed by atoms with E-state index in [9.17, 15) is 9.70 Å². The quantitative estimate of drug-likeness (QED) is 0.804. The molecule has 6 nitrogen and oxygen atoms in total. The maximum atomic E-state index is 12.6. The highest BCUT2D eigenvalue weighted by Gasteiger charge is 2.38. The van der Waals surface area contributed by atoms with Crippen molar-refractivity contribution < 1.29 is 14.6 Å². The molecule has 25 heavy (non-hydrogen) atoms. The standard InChI is InChI=1S/C19H27N3O3/c1-3-10-21-16-7-5-8-17(21)13-15(12-16)20-19(23)14-6-4-9-18(11-14)22(24)25-2/h4,6,9,11,15-17H,3,5,7-8,10,12-13H2,1-2H3/p+1. The minimum atomic E-state index is -0.113. The molecule has 1 aromatic rings. The number of benzene rings is 1. The summed E-state index contributed by atoms with van der Waals surface area (Å²) in [4.78, 5) is 31.9. The van der Waals surface area contributed by atoms with E-state index >= 15 is 0 Å². The Morgan fingerprint density at radius 1 is 1.32 bits per heavy atom. The number of hydrogen-bond acceptors (Lipinski definition) is 4. The molecule has 0 radical (unpaired) electrons. The van der Waals surface area contributed by atoms with Gasteiger partial charge in [0.05, 0.1) is 4.91 Å². The van der Waals surface area contributed by atoms with Crippen molar-refractivity contribution in [3.63, 3.8) is 0 Å². The van der Waals surface area contributed by atoms with E-state index in [1.807, 2.05) is 0 Å². The van der Waals surface area contributed by atoms with Gasteiger partial charge in [-0.1, -0.05) is 19.4 Å². The van der Waals surface area contributed by atoms with Gasteiger partial charge in [-0.15, -0.1) is 0 Å². The molecule has 2 unspecified atom stereocenters. The molecule has 2 aliphatic heterocycles. The Morgan fingerprint density at radius 3 is 2.68 bits per heavy atom. The first-order valence-corrected chi connectivity index (χ1v) is 9.30. The Labute approximate surface area is 149 Å². The molecule has 1 aromatic carbocycles. The number of fused-ring (bicyclic) bond motifs is 2. The van der Waals surface area contributed by atoms with Crippen molar-refractivity contribution in [1.82, 2.24) is 10.2 Å². The van der Waals surface area contributed by atoms with Crippen LogP contribution in [0.15, 0.2) is 24.3 Å². The molecule has 2 heterocycles. The highest BCUT2D eigenvalue weighted by molar-refractivity contribution is 5.95. The second-order valence-corrected chi connectivity index (χ2v) is 7.11. The number of nitrogens with one attached hydrogen (secondary N) is 1. The lowest BCUT2D eigenvalue weighted by Gasteiger charge is -2.49. The van der Waals surface area contributed by atoms with E-state index in [2.05, 4.69) is 22.0 Å². The largest absolute Gasteiger partial charge is 0.349 e. The minimum Gasteiger partial charge on any atom is -0.349 e. The first-order chi connectivity index (χ1) is 12.1. The van der Waals surface area contributed by atoms with E-state index in [0.717, 1.165) is 19.4 Å². The van der Waals surface area contributed by atoms with Crippen LogP contribution in [-0.4, -0.2) is 47.5 Å². The summed E-state index contributed by atoms with van der Waals surface area (Å²) in [5.74, 6) is -0.113. The monoisotopic (exact) mass is 346 g/mol. The van der Waals surface area contributed by atoms with Crippen LogP contribution in [-0.2, 0) is 4.84 Å². The lowest BCUT2D eigenvalue weighted by molar-refractivity contribution is -0.736. The smallest absolute Gasteiger partial charge is 0.317 e. The van der Waals surface area contributed by atoms with Gasteiger partial charge in [0.25, 0.3) is 10.8 Å². The van der Waals surface area contributed by atoms with Crippen LogP contribution in [0.2, 0.25) is 0 Å². The molecule has 2 bridgehead atoms. The maximum Gasteiger partial charge on any atom is 0.317 e. The lowest BCUT2D eigenvalue weighted by atomic mass is 9.81. The van der Waals surface area contributed by atoms with Crippen LogP contribution in [0.3, 0.4) is 0 Å². The predicted molar refractivity (Wildman–Crippen MR) is 95.7 cm³/mol. The van der Waals surface area contributed by atoms with Crippen LogP contribution >= 0.6 is 0 Å². The average molecular weight is 346 g/mol. The predicted octanol–water partition coefficient (Wildman–Crippen LogP) is 3.18. The van der Waals surface area contributed by atoms with Crippen LogP contribution in [0.5, 0.6) is 0 Å². The second kappa shape index (κ2) is 7.95. The Balaban J connectivity index is 1.65. The van der Waals surface area contributed by atoms with Gasteiger partial charge in [0.1, 0.15) is 0 Å². The highest BCUT2D eigenvalue weighted by Crippen LogP contribution is 2.34. The van der Waals surface area contributed by atoms with Crippen molar-refractivity contribution in [2.24, 2.45) is 0 Å². The molecule has 136 valence electrons. The lowest BCUT2D eigenvalue weighted by Crippen LogP contribution is -2.57. The van der Waals surface area contributed by atoms with Crippen molar-refractivity contribution in [3.8, 4) is 0 Å². The molecule has 2 aliphatic rings. The second-order valence-electron chi connectivity index (χ2n) is 7.11. The molecule has 0 aromatic heterocycles. The van der Waals surface area contributed by atoms with Crippen LogP contribution in [0.4, 0.5) is 5.69 Å². The van der Waals surface area contributed by atoms with E-state index in [-0.39, 0.29) is 11.9 Å². The summed E-state index contributed by atoms with van der Waals surface area (Å²) in [6.07, 6.45) is 6.99. The summed E-state index contributed by atoms with van der Waals surface area (Å²) >= 11 is 0. The van der Waals surface area contributed by atoms with Crippen LogP contribution in [0, 0.1) is 4.91 Å². The first-order valence-electron chi connectivity index (χ1n) is 9.30. The van der Waals surface area contributed by atoms with Gasteiger partial charge in [0, 0.05) is 35.8 Å². The molecule has 1 N–H and O–H groups in total. The Morgan fingerprint density at radius 2 is 2.04 bits per heavy atom. The molecule has 0 aliphatic carbocycles. The Bertz CT molecular complexity index is 620. The minimum absolute atomic E-state index is 0.113. The number of carbonyl (C=O) groups is 1. The third-order valence-electron chi connectivity index (χ3n) is 5.43. The highest BCUT2D eigenvalue weighted by atomic mass is 16.8. The zero-order valence-electron chi connectivity index (χ0n) is 15.1. The Kier molecular flexibility index (Phi) is 5.68. The number of carbonyl (C=O) groups excluding carboxylic acids is 1. The summed E-state index contributed by atoms with van der Waals surface area (Å²) in [6, 6.07) is 8.02. The van der Waals surface area contributed by atoms with Gasteiger partial charge in [-0.05, 0) is 44.7 Å².